The molecule has 1 saturated heterocycles. The highest BCUT2D eigenvalue weighted by molar-refractivity contribution is 5.95. The zero-order valence-electron chi connectivity index (χ0n) is 15.2. The molecule has 0 saturated carbocycles. The lowest BCUT2D eigenvalue weighted by Gasteiger charge is -2.27. The number of ether oxygens (including phenoxy) is 1. The molecule has 5 nitrogen and oxygen atoms in total. The van der Waals surface area contributed by atoms with E-state index in [-0.39, 0.29) is 12.0 Å². The zero-order chi connectivity index (χ0) is 17.8. The van der Waals surface area contributed by atoms with Gasteiger partial charge in [0.2, 0.25) is 0 Å². The highest BCUT2D eigenvalue weighted by Crippen LogP contribution is 2.22. The second-order valence-corrected chi connectivity index (χ2v) is 6.70. The Kier molecular flexibility index (Phi) is 5.43. The van der Waals surface area contributed by atoms with Gasteiger partial charge in [-0.2, -0.15) is 0 Å². The van der Waals surface area contributed by atoms with Gasteiger partial charge in [0.05, 0.1) is 23.2 Å². The van der Waals surface area contributed by atoms with Crippen molar-refractivity contribution in [1.82, 2.24) is 14.9 Å². The van der Waals surface area contributed by atoms with E-state index in [0.29, 0.717) is 12.1 Å². The molecule has 2 aromatic rings. The summed E-state index contributed by atoms with van der Waals surface area (Å²) in [6.07, 6.45) is 5.22. The molecule has 1 atom stereocenters. The number of hydrogen-bond donors (Lipinski definition) is 0. The Labute approximate surface area is 149 Å². The number of likely N-dealkylation sites (N-methyl/N-ethyl adjacent to an activating group) is 1. The van der Waals surface area contributed by atoms with Crippen LogP contribution < -0.4 is 0 Å². The highest BCUT2D eigenvalue weighted by atomic mass is 16.5. The summed E-state index contributed by atoms with van der Waals surface area (Å²) in [6.45, 7) is 5.28. The zero-order valence-corrected chi connectivity index (χ0v) is 15.2. The van der Waals surface area contributed by atoms with E-state index in [9.17, 15) is 4.79 Å². The molecular formula is C20H25N3O2. The predicted molar refractivity (Wildman–Crippen MR) is 97.5 cm³/mol. The molecule has 1 aromatic carbocycles. The summed E-state index contributed by atoms with van der Waals surface area (Å²) in [6, 6.07) is 7.62. The van der Waals surface area contributed by atoms with E-state index in [2.05, 4.69) is 9.97 Å². The van der Waals surface area contributed by atoms with Crippen LogP contribution in [0.5, 0.6) is 0 Å². The van der Waals surface area contributed by atoms with E-state index >= 15 is 0 Å². The molecule has 0 aliphatic carbocycles. The summed E-state index contributed by atoms with van der Waals surface area (Å²) < 4.78 is 5.74. The van der Waals surface area contributed by atoms with Crippen LogP contribution in [0.3, 0.4) is 0 Å². The van der Waals surface area contributed by atoms with Crippen LogP contribution in [0.25, 0.3) is 11.3 Å². The second-order valence-electron chi connectivity index (χ2n) is 6.70. The summed E-state index contributed by atoms with van der Waals surface area (Å²) in [5.74, 6) is 0.00860. The van der Waals surface area contributed by atoms with Crippen molar-refractivity contribution in [2.24, 2.45) is 0 Å². The Morgan fingerprint density at radius 3 is 2.92 bits per heavy atom. The number of amides is 1. The van der Waals surface area contributed by atoms with Crippen molar-refractivity contribution in [3.8, 4) is 11.3 Å². The van der Waals surface area contributed by atoms with Crippen molar-refractivity contribution in [2.75, 3.05) is 20.2 Å². The minimum atomic E-state index is 0.00860. The van der Waals surface area contributed by atoms with Gasteiger partial charge in [-0.15, -0.1) is 0 Å². The first-order valence-electron chi connectivity index (χ1n) is 8.82. The maximum absolute atomic E-state index is 12.8. The topological polar surface area (TPSA) is 55.3 Å². The lowest BCUT2D eigenvalue weighted by Crippen LogP contribution is -2.37. The molecule has 1 amide bonds. The number of rotatable bonds is 4. The summed E-state index contributed by atoms with van der Waals surface area (Å²) in [5.41, 5.74) is 4.14. The fourth-order valence-corrected chi connectivity index (χ4v) is 3.17. The van der Waals surface area contributed by atoms with E-state index in [0.717, 1.165) is 42.1 Å². The van der Waals surface area contributed by atoms with Gasteiger partial charge >= 0.3 is 0 Å². The average molecular weight is 339 g/mol. The monoisotopic (exact) mass is 339 g/mol. The number of hydrogen-bond acceptors (Lipinski definition) is 4. The third-order valence-corrected chi connectivity index (χ3v) is 4.56. The number of benzene rings is 1. The number of aromatic nitrogens is 2. The molecule has 1 aliphatic heterocycles. The highest BCUT2D eigenvalue weighted by Gasteiger charge is 2.20. The summed E-state index contributed by atoms with van der Waals surface area (Å²) in [7, 11) is 1.84. The van der Waals surface area contributed by atoms with E-state index < -0.39 is 0 Å². The SMILES string of the molecule is Cc1cnc(C)c(-c2cccc(C(=O)N(C)C[C@@H]3CCCCO3)c2)n1. The molecule has 0 unspecified atom stereocenters. The average Bonchev–Trinajstić information content (AvgIpc) is 2.64. The van der Waals surface area contributed by atoms with Gasteiger partial charge in [-0.05, 0) is 45.2 Å². The fraction of sp³-hybridized carbons (Fsp3) is 0.450. The van der Waals surface area contributed by atoms with Gasteiger partial charge in [-0.3, -0.25) is 9.78 Å². The van der Waals surface area contributed by atoms with E-state index in [1.54, 1.807) is 11.1 Å². The summed E-state index contributed by atoms with van der Waals surface area (Å²) in [5, 5.41) is 0. The Morgan fingerprint density at radius 1 is 1.32 bits per heavy atom. The third-order valence-electron chi connectivity index (χ3n) is 4.56. The van der Waals surface area contributed by atoms with E-state index in [1.807, 2.05) is 45.2 Å². The van der Waals surface area contributed by atoms with Crippen LogP contribution in [-0.4, -0.2) is 47.1 Å². The molecule has 0 N–H and O–H groups in total. The first-order chi connectivity index (χ1) is 12.0. The second kappa shape index (κ2) is 7.74. The maximum atomic E-state index is 12.8. The van der Waals surface area contributed by atoms with Gasteiger partial charge in [0.25, 0.3) is 5.91 Å². The molecule has 2 heterocycles. The number of carbonyl (C=O) groups excluding carboxylic acids is 1. The molecule has 5 heteroatoms. The van der Waals surface area contributed by atoms with Crippen molar-refractivity contribution in [3.63, 3.8) is 0 Å². The van der Waals surface area contributed by atoms with E-state index in [1.165, 1.54) is 6.42 Å². The van der Waals surface area contributed by atoms with Gasteiger partial charge in [0.1, 0.15) is 0 Å². The van der Waals surface area contributed by atoms with Crippen LogP contribution in [-0.2, 0) is 4.74 Å². The first-order valence-corrected chi connectivity index (χ1v) is 8.82. The van der Waals surface area contributed by atoms with Crippen LogP contribution in [0.15, 0.2) is 30.5 Å². The van der Waals surface area contributed by atoms with Gasteiger partial charge < -0.3 is 9.64 Å². The standard InChI is InChI=1S/C20H25N3O2/c1-14-12-21-15(2)19(22-14)16-7-6-8-17(11-16)20(24)23(3)13-18-9-4-5-10-25-18/h6-8,11-12,18H,4-5,9-10,13H2,1-3H3/t18-/m0/s1. The van der Waals surface area contributed by atoms with Crippen LogP contribution in [0.4, 0.5) is 0 Å². The van der Waals surface area contributed by atoms with Crippen LogP contribution in [0.2, 0.25) is 0 Å². The number of nitrogens with zero attached hydrogens (tertiary/aromatic N) is 3. The number of carbonyl (C=O) groups is 1. The van der Waals surface area contributed by atoms with Crippen molar-refractivity contribution < 1.29 is 9.53 Å². The van der Waals surface area contributed by atoms with Crippen LogP contribution in [0.1, 0.15) is 41.0 Å². The molecular weight excluding hydrogens is 314 g/mol. The Balaban J connectivity index is 1.78. The minimum Gasteiger partial charge on any atom is -0.376 e. The van der Waals surface area contributed by atoms with Crippen molar-refractivity contribution >= 4 is 5.91 Å². The fourth-order valence-electron chi connectivity index (χ4n) is 3.17. The Morgan fingerprint density at radius 2 is 2.16 bits per heavy atom. The molecule has 1 aliphatic rings. The molecule has 1 aromatic heterocycles. The van der Waals surface area contributed by atoms with Gasteiger partial charge in [0.15, 0.2) is 0 Å². The third kappa shape index (κ3) is 4.23. The molecule has 25 heavy (non-hydrogen) atoms. The molecule has 1 fully saturated rings. The largest absolute Gasteiger partial charge is 0.376 e. The molecule has 0 bridgehead atoms. The quantitative estimate of drug-likeness (QED) is 0.857. The first kappa shape index (κ1) is 17.5. The van der Waals surface area contributed by atoms with Crippen molar-refractivity contribution in [3.05, 3.63) is 47.4 Å². The lowest BCUT2D eigenvalue weighted by molar-refractivity contribution is -0.000186. The van der Waals surface area contributed by atoms with Gasteiger partial charge in [-0.25, -0.2) is 4.98 Å². The lowest BCUT2D eigenvalue weighted by atomic mass is 10.0. The van der Waals surface area contributed by atoms with Crippen LogP contribution in [0, 0.1) is 13.8 Å². The minimum absolute atomic E-state index is 0.00860. The Hall–Kier alpha value is -2.27. The Bertz CT molecular complexity index is 754. The van der Waals surface area contributed by atoms with Crippen LogP contribution >= 0.6 is 0 Å². The maximum Gasteiger partial charge on any atom is 0.253 e. The summed E-state index contributed by atoms with van der Waals surface area (Å²) >= 11 is 0. The number of aryl methyl sites for hydroxylation is 2. The van der Waals surface area contributed by atoms with Gasteiger partial charge in [-0.1, -0.05) is 12.1 Å². The normalized spacial score (nSPS) is 17.3. The summed E-state index contributed by atoms with van der Waals surface area (Å²) in [4.78, 5) is 23.5. The van der Waals surface area contributed by atoms with Crippen molar-refractivity contribution in [2.45, 2.75) is 39.2 Å². The molecule has 132 valence electrons. The van der Waals surface area contributed by atoms with Crippen molar-refractivity contribution in [1.29, 1.82) is 0 Å². The smallest absolute Gasteiger partial charge is 0.253 e. The van der Waals surface area contributed by atoms with Gasteiger partial charge in [0, 0.05) is 37.5 Å². The van der Waals surface area contributed by atoms with E-state index in [4.69, 9.17) is 4.74 Å². The molecule has 3 rings (SSSR count). The molecule has 0 spiro atoms. The molecule has 0 radical (unpaired) electrons. The predicted octanol–water partition coefficient (Wildman–Crippen LogP) is 3.40.